The fourth-order valence-corrected chi connectivity index (χ4v) is 2.44. The summed E-state index contributed by atoms with van der Waals surface area (Å²) in [5.74, 6) is 0.948. The van der Waals surface area contributed by atoms with Gasteiger partial charge in [-0.15, -0.1) is 0 Å². The molecule has 1 N–H and O–H groups in total. The molecule has 0 radical (unpaired) electrons. The summed E-state index contributed by atoms with van der Waals surface area (Å²) < 4.78 is 2.18. The van der Waals surface area contributed by atoms with Gasteiger partial charge in [-0.25, -0.2) is 0 Å². The Kier molecular flexibility index (Phi) is 4.21. The summed E-state index contributed by atoms with van der Waals surface area (Å²) in [5.41, 5.74) is 2.61. The van der Waals surface area contributed by atoms with Gasteiger partial charge in [0.15, 0.2) is 0 Å². The van der Waals surface area contributed by atoms with E-state index in [1.807, 2.05) is 0 Å². The van der Waals surface area contributed by atoms with Crippen LogP contribution in [0.4, 0.5) is 0 Å². The first kappa shape index (κ1) is 12.6. The first-order valence-electron chi connectivity index (χ1n) is 7.08. The molecule has 2 rings (SSSR count). The summed E-state index contributed by atoms with van der Waals surface area (Å²) >= 11 is 0. The second kappa shape index (κ2) is 5.67. The smallest absolute Gasteiger partial charge is 0.0625 e. The topological polar surface area (TPSA) is 29.9 Å². The Balaban J connectivity index is 2.16. The molecule has 1 aliphatic carbocycles. The van der Waals surface area contributed by atoms with E-state index < -0.39 is 0 Å². The number of hydrogen-bond donors (Lipinski definition) is 1. The molecule has 1 fully saturated rings. The highest BCUT2D eigenvalue weighted by Gasteiger charge is 2.27. The molecule has 96 valence electrons. The molecule has 0 saturated heterocycles. The molecule has 0 aliphatic heterocycles. The highest BCUT2D eigenvalue weighted by Crippen LogP contribution is 2.37. The van der Waals surface area contributed by atoms with Gasteiger partial charge in [-0.05, 0) is 38.3 Å². The van der Waals surface area contributed by atoms with E-state index in [4.69, 9.17) is 0 Å². The maximum Gasteiger partial charge on any atom is 0.0625 e. The van der Waals surface area contributed by atoms with E-state index >= 15 is 0 Å². The first-order valence-corrected chi connectivity index (χ1v) is 7.08. The maximum atomic E-state index is 4.65. The fraction of sp³-hybridized carbons (Fsp3) is 0.786. The van der Waals surface area contributed by atoms with Gasteiger partial charge in [-0.3, -0.25) is 4.68 Å². The van der Waals surface area contributed by atoms with Crippen molar-refractivity contribution in [3.05, 3.63) is 17.5 Å². The average Bonchev–Trinajstić information content (AvgIpc) is 3.06. The van der Waals surface area contributed by atoms with Crippen molar-refractivity contribution in [2.75, 3.05) is 6.54 Å². The molecule has 1 heterocycles. The Labute approximate surface area is 105 Å². The quantitative estimate of drug-likeness (QED) is 0.787. The number of aromatic nitrogens is 2. The van der Waals surface area contributed by atoms with Crippen molar-refractivity contribution in [1.82, 2.24) is 15.1 Å². The van der Waals surface area contributed by atoms with Crippen molar-refractivity contribution in [1.29, 1.82) is 0 Å². The van der Waals surface area contributed by atoms with Crippen LogP contribution in [0.3, 0.4) is 0 Å². The molecule has 1 aliphatic rings. The zero-order chi connectivity index (χ0) is 12.3. The SMILES string of the molecule is CCNC(CC1CC1)c1cc(CC)nn1CC. The van der Waals surface area contributed by atoms with Crippen LogP contribution in [0.5, 0.6) is 0 Å². The van der Waals surface area contributed by atoms with Crippen molar-refractivity contribution < 1.29 is 0 Å². The summed E-state index contributed by atoms with van der Waals surface area (Å²) in [5, 5.41) is 8.28. The van der Waals surface area contributed by atoms with Gasteiger partial charge in [0.2, 0.25) is 0 Å². The zero-order valence-corrected chi connectivity index (χ0v) is 11.4. The average molecular weight is 235 g/mol. The van der Waals surface area contributed by atoms with Crippen molar-refractivity contribution in [3.8, 4) is 0 Å². The van der Waals surface area contributed by atoms with Gasteiger partial charge in [-0.1, -0.05) is 26.7 Å². The lowest BCUT2D eigenvalue weighted by Gasteiger charge is -2.18. The third kappa shape index (κ3) is 3.09. The first-order chi connectivity index (χ1) is 8.28. The van der Waals surface area contributed by atoms with Crippen LogP contribution < -0.4 is 5.32 Å². The predicted octanol–water partition coefficient (Wildman–Crippen LogP) is 2.92. The zero-order valence-electron chi connectivity index (χ0n) is 11.4. The minimum Gasteiger partial charge on any atom is -0.309 e. The van der Waals surface area contributed by atoms with E-state index in [0.717, 1.165) is 25.4 Å². The van der Waals surface area contributed by atoms with Gasteiger partial charge < -0.3 is 5.32 Å². The lowest BCUT2D eigenvalue weighted by atomic mass is 10.1. The molecule has 17 heavy (non-hydrogen) atoms. The highest BCUT2D eigenvalue weighted by atomic mass is 15.3. The number of nitrogens with one attached hydrogen (secondary N) is 1. The molecule has 0 amide bonds. The van der Waals surface area contributed by atoms with Gasteiger partial charge in [-0.2, -0.15) is 5.10 Å². The molecule has 0 spiro atoms. The lowest BCUT2D eigenvalue weighted by Crippen LogP contribution is -2.24. The molecule has 0 aromatic carbocycles. The Morgan fingerprint density at radius 3 is 2.71 bits per heavy atom. The third-order valence-electron chi connectivity index (χ3n) is 3.60. The van der Waals surface area contributed by atoms with Crippen LogP contribution in [0.1, 0.15) is 57.5 Å². The standard InChI is InChI=1S/C14H25N3/c1-4-12-10-14(17(6-3)16-12)13(15-5-2)9-11-7-8-11/h10-11,13,15H,4-9H2,1-3H3. The van der Waals surface area contributed by atoms with Gasteiger partial charge in [0.05, 0.1) is 11.4 Å². The van der Waals surface area contributed by atoms with E-state index in [2.05, 4.69) is 41.9 Å². The number of nitrogens with zero attached hydrogens (tertiary/aromatic N) is 2. The van der Waals surface area contributed by atoms with E-state index in [1.54, 1.807) is 0 Å². The van der Waals surface area contributed by atoms with E-state index in [1.165, 1.54) is 30.7 Å². The second-order valence-electron chi connectivity index (χ2n) is 5.02. The number of rotatable bonds is 7. The Hall–Kier alpha value is -0.830. The molecule has 0 bridgehead atoms. The lowest BCUT2D eigenvalue weighted by molar-refractivity contribution is 0.446. The number of aryl methyl sites for hydroxylation is 2. The van der Waals surface area contributed by atoms with Gasteiger partial charge in [0.1, 0.15) is 0 Å². The molecule has 1 aromatic heterocycles. The molecule has 1 saturated carbocycles. The molecule has 3 heteroatoms. The maximum absolute atomic E-state index is 4.65. The van der Waals surface area contributed by atoms with E-state index in [0.29, 0.717) is 6.04 Å². The Morgan fingerprint density at radius 2 is 2.18 bits per heavy atom. The van der Waals surface area contributed by atoms with Crippen LogP contribution in [-0.2, 0) is 13.0 Å². The van der Waals surface area contributed by atoms with Crippen molar-refractivity contribution in [2.24, 2.45) is 5.92 Å². The molecule has 1 aromatic rings. The third-order valence-corrected chi connectivity index (χ3v) is 3.60. The van der Waals surface area contributed by atoms with Crippen LogP contribution in [0.25, 0.3) is 0 Å². The van der Waals surface area contributed by atoms with E-state index in [9.17, 15) is 0 Å². The Bertz CT molecular complexity index is 352. The van der Waals surface area contributed by atoms with Crippen LogP contribution in [0, 0.1) is 5.92 Å². The normalized spacial score (nSPS) is 17.4. The predicted molar refractivity (Wildman–Crippen MR) is 71.0 cm³/mol. The Morgan fingerprint density at radius 1 is 1.41 bits per heavy atom. The summed E-state index contributed by atoms with van der Waals surface area (Å²) in [4.78, 5) is 0. The van der Waals surface area contributed by atoms with Crippen molar-refractivity contribution in [2.45, 2.75) is 59.0 Å². The summed E-state index contributed by atoms with van der Waals surface area (Å²) in [7, 11) is 0. The molecular weight excluding hydrogens is 210 g/mol. The minimum atomic E-state index is 0.500. The van der Waals surface area contributed by atoms with Gasteiger partial charge in [0.25, 0.3) is 0 Å². The van der Waals surface area contributed by atoms with Crippen molar-refractivity contribution in [3.63, 3.8) is 0 Å². The van der Waals surface area contributed by atoms with Gasteiger partial charge >= 0.3 is 0 Å². The second-order valence-corrected chi connectivity index (χ2v) is 5.02. The molecule has 1 atom stereocenters. The summed E-state index contributed by atoms with van der Waals surface area (Å²) in [6, 6.07) is 2.79. The van der Waals surface area contributed by atoms with Crippen LogP contribution >= 0.6 is 0 Å². The van der Waals surface area contributed by atoms with Crippen LogP contribution in [-0.4, -0.2) is 16.3 Å². The highest BCUT2D eigenvalue weighted by molar-refractivity contribution is 5.15. The summed E-state index contributed by atoms with van der Waals surface area (Å²) in [6.07, 6.45) is 5.15. The number of hydrogen-bond acceptors (Lipinski definition) is 2. The van der Waals surface area contributed by atoms with Crippen LogP contribution in [0.2, 0.25) is 0 Å². The molecule has 3 nitrogen and oxygen atoms in total. The minimum absolute atomic E-state index is 0.500. The van der Waals surface area contributed by atoms with Crippen LogP contribution in [0.15, 0.2) is 6.07 Å². The largest absolute Gasteiger partial charge is 0.309 e. The van der Waals surface area contributed by atoms with Crippen molar-refractivity contribution >= 4 is 0 Å². The monoisotopic (exact) mass is 235 g/mol. The summed E-state index contributed by atoms with van der Waals surface area (Å²) in [6.45, 7) is 8.55. The van der Waals surface area contributed by atoms with E-state index in [-0.39, 0.29) is 0 Å². The van der Waals surface area contributed by atoms with Gasteiger partial charge in [0, 0.05) is 12.6 Å². The molecular formula is C14H25N3. The molecule has 1 unspecified atom stereocenters. The fourth-order valence-electron chi connectivity index (χ4n) is 2.44.